The van der Waals surface area contributed by atoms with Crippen molar-refractivity contribution < 1.29 is 24.2 Å². The number of benzene rings is 1. The van der Waals surface area contributed by atoms with Gasteiger partial charge in [-0.05, 0) is 24.1 Å². The molecular weight excluding hydrogens is 500 g/mol. The molecule has 0 saturated carbocycles. The van der Waals surface area contributed by atoms with Gasteiger partial charge < -0.3 is 25.0 Å². The van der Waals surface area contributed by atoms with E-state index in [4.69, 9.17) is 4.74 Å². The number of aromatic nitrogens is 3. The summed E-state index contributed by atoms with van der Waals surface area (Å²) >= 11 is 0. The number of carbonyl (C=O) groups excluding carboxylic acids is 3. The smallest absolute Gasteiger partial charge is 0.290 e. The predicted octanol–water partition coefficient (Wildman–Crippen LogP) is 2.03. The topological polar surface area (TPSA) is 130 Å². The molecule has 2 aliphatic heterocycles. The second-order valence-electron chi connectivity index (χ2n) is 10.1. The number of aliphatic hydroxyl groups is 1. The van der Waals surface area contributed by atoms with Gasteiger partial charge in [-0.15, -0.1) is 0 Å². The molecule has 204 valence electrons. The summed E-state index contributed by atoms with van der Waals surface area (Å²) in [4.78, 5) is 47.2. The maximum absolute atomic E-state index is 13.5. The molecule has 0 radical (unpaired) electrons. The standard InChI is InChI=1S/C28H32N6O5/c1-17(2)24(35)20-9-10-34(31-20)26-23-22(21(39-3)16-30-26)19(15-29-23)25(36)28(38)33-13-11-32(12-14-33)27(37)18-7-5-4-6-8-18/h4-10,16-17,19,24,29,35H,11-15H2,1-3H3. The highest BCUT2D eigenvalue weighted by atomic mass is 16.5. The molecule has 11 nitrogen and oxygen atoms in total. The molecule has 1 aromatic carbocycles. The van der Waals surface area contributed by atoms with E-state index in [0.717, 1.165) is 0 Å². The minimum Gasteiger partial charge on any atom is -0.495 e. The number of pyridine rings is 1. The lowest BCUT2D eigenvalue weighted by Gasteiger charge is -2.34. The van der Waals surface area contributed by atoms with Crippen molar-refractivity contribution in [3.05, 3.63) is 65.6 Å². The van der Waals surface area contributed by atoms with E-state index in [0.29, 0.717) is 47.2 Å². The zero-order valence-electron chi connectivity index (χ0n) is 22.2. The molecule has 2 aliphatic rings. The Morgan fingerprint density at radius 3 is 2.41 bits per heavy atom. The normalized spacial score (nSPS) is 17.5. The van der Waals surface area contributed by atoms with Crippen LogP contribution < -0.4 is 10.1 Å². The van der Waals surface area contributed by atoms with Crippen LogP contribution in [0.1, 0.15) is 47.5 Å². The maximum atomic E-state index is 13.5. The molecule has 1 saturated heterocycles. The first-order valence-electron chi connectivity index (χ1n) is 13.0. The number of hydrogen-bond donors (Lipinski definition) is 2. The summed E-state index contributed by atoms with van der Waals surface area (Å²) in [7, 11) is 1.49. The number of ketones is 1. The first kappa shape index (κ1) is 26.4. The van der Waals surface area contributed by atoms with Crippen molar-refractivity contribution in [2.75, 3.05) is 45.2 Å². The summed E-state index contributed by atoms with van der Waals surface area (Å²) in [5.41, 5.74) is 2.23. The highest BCUT2D eigenvalue weighted by Gasteiger charge is 2.40. The molecule has 2 aromatic heterocycles. The largest absolute Gasteiger partial charge is 0.495 e. The fourth-order valence-electron chi connectivity index (χ4n) is 5.02. The van der Waals surface area contributed by atoms with Crippen molar-refractivity contribution in [3.8, 4) is 11.6 Å². The number of nitrogens with one attached hydrogen (secondary N) is 1. The van der Waals surface area contributed by atoms with Gasteiger partial charge in [0.25, 0.3) is 11.8 Å². The maximum Gasteiger partial charge on any atom is 0.290 e. The number of ether oxygens (including phenoxy) is 1. The summed E-state index contributed by atoms with van der Waals surface area (Å²) in [6.45, 7) is 5.29. The zero-order valence-corrected chi connectivity index (χ0v) is 22.2. The van der Waals surface area contributed by atoms with Crippen LogP contribution in [0.5, 0.6) is 5.75 Å². The number of methoxy groups -OCH3 is 1. The third-order valence-corrected chi connectivity index (χ3v) is 7.28. The Bertz CT molecular complexity index is 1380. The lowest BCUT2D eigenvalue weighted by atomic mass is 9.95. The number of carbonyl (C=O) groups is 3. The van der Waals surface area contributed by atoms with Gasteiger partial charge in [0.05, 0.1) is 30.6 Å². The number of aliphatic hydroxyl groups excluding tert-OH is 1. The van der Waals surface area contributed by atoms with Crippen LogP contribution in [0.4, 0.5) is 5.69 Å². The molecule has 0 spiro atoms. The minimum atomic E-state index is -0.760. The van der Waals surface area contributed by atoms with E-state index in [1.54, 1.807) is 34.0 Å². The van der Waals surface area contributed by atoms with E-state index in [1.165, 1.54) is 18.2 Å². The molecule has 2 N–H and O–H groups in total. The van der Waals surface area contributed by atoms with E-state index in [9.17, 15) is 19.5 Å². The number of piperazine rings is 1. The van der Waals surface area contributed by atoms with Crippen LogP contribution in [0.2, 0.25) is 0 Å². The molecule has 2 atom stereocenters. The first-order chi connectivity index (χ1) is 18.8. The Morgan fingerprint density at radius 1 is 1.05 bits per heavy atom. The fraction of sp³-hybridized carbons (Fsp3) is 0.393. The number of rotatable bonds is 7. The van der Waals surface area contributed by atoms with Gasteiger partial charge in [0.2, 0.25) is 5.78 Å². The Morgan fingerprint density at radius 2 is 1.74 bits per heavy atom. The highest BCUT2D eigenvalue weighted by Crippen LogP contribution is 2.42. The number of fused-ring (bicyclic) bond motifs is 1. The Kier molecular flexibility index (Phi) is 7.34. The quantitative estimate of drug-likeness (QED) is 0.442. The molecule has 2 unspecified atom stereocenters. The van der Waals surface area contributed by atoms with Crippen LogP contribution in [0.3, 0.4) is 0 Å². The Hall–Kier alpha value is -4.25. The number of Topliss-reactive ketones (excluding diaryl/α,β-unsaturated/α-hetero) is 1. The van der Waals surface area contributed by atoms with E-state index in [2.05, 4.69) is 15.4 Å². The van der Waals surface area contributed by atoms with Crippen molar-refractivity contribution in [2.24, 2.45) is 5.92 Å². The summed E-state index contributed by atoms with van der Waals surface area (Å²) in [6.07, 6.45) is 2.50. The van der Waals surface area contributed by atoms with E-state index >= 15 is 0 Å². The monoisotopic (exact) mass is 532 g/mol. The van der Waals surface area contributed by atoms with Crippen LogP contribution in [-0.2, 0) is 9.59 Å². The number of nitrogens with zero attached hydrogens (tertiary/aromatic N) is 5. The molecule has 0 bridgehead atoms. The van der Waals surface area contributed by atoms with E-state index in [-0.39, 0.29) is 31.5 Å². The van der Waals surface area contributed by atoms with Crippen LogP contribution in [0.25, 0.3) is 5.82 Å². The second-order valence-corrected chi connectivity index (χ2v) is 10.1. The third kappa shape index (κ3) is 4.97. The van der Waals surface area contributed by atoms with Crippen molar-refractivity contribution >= 4 is 23.3 Å². The van der Waals surface area contributed by atoms with E-state index in [1.807, 2.05) is 32.0 Å². The van der Waals surface area contributed by atoms with Crippen LogP contribution >= 0.6 is 0 Å². The molecule has 11 heteroatoms. The first-order valence-corrected chi connectivity index (χ1v) is 13.0. The average molecular weight is 533 g/mol. The predicted molar refractivity (Wildman–Crippen MR) is 143 cm³/mol. The second kappa shape index (κ2) is 10.9. The lowest BCUT2D eigenvalue weighted by molar-refractivity contribution is -0.146. The number of amides is 2. The molecule has 2 amide bonds. The third-order valence-electron chi connectivity index (χ3n) is 7.28. The minimum absolute atomic E-state index is 0.00708. The summed E-state index contributed by atoms with van der Waals surface area (Å²) < 4.78 is 7.06. The lowest BCUT2D eigenvalue weighted by Crippen LogP contribution is -2.52. The average Bonchev–Trinajstić information content (AvgIpc) is 3.64. The molecule has 5 rings (SSSR count). The van der Waals surface area contributed by atoms with Gasteiger partial charge in [-0.25, -0.2) is 9.67 Å². The Labute approximate surface area is 226 Å². The van der Waals surface area contributed by atoms with Gasteiger partial charge in [-0.2, -0.15) is 5.10 Å². The summed E-state index contributed by atoms with van der Waals surface area (Å²) in [6, 6.07) is 10.7. The van der Waals surface area contributed by atoms with Crippen molar-refractivity contribution in [1.82, 2.24) is 24.6 Å². The van der Waals surface area contributed by atoms with Gasteiger partial charge in [0.15, 0.2) is 5.82 Å². The number of hydrogen-bond acceptors (Lipinski definition) is 8. The molecule has 4 heterocycles. The molecular formula is C28H32N6O5. The molecule has 3 aromatic rings. The van der Waals surface area contributed by atoms with Crippen LogP contribution in [0, 0.1) is 5.92 Å². The van der Waals surface area contributed by atoms with Gasteiger partial charge in [0.1, 0.15) is 11.9 Å². The summed E-state index contributed by atoms with van der Waals surface area (Å²) in [5.74, 6) is -1.13. The van der Waals surface area contributed by atoms with E-state index < -0.39 is 23.7 Å². The van der Waals surface area contributed by atoms with Crippen LogP contribution in [-0.4, -0.2) is 87.1 Å². The fourth-order valence-corrected chi connectivity index (χ4v) is 5.02. The van der Waals surface area contributed by atoms with Gasteiger partial charge in [-0.3, -0.25) is 14.4 Å². The van der Waals surface area contributed by atoms with Gasteiger partial charge in [0, 0.05) is 50.0 Å². The van der Waals surface area contributed by atoms with Crippen molar-refractivity contribution in [2.45, 2.75) is 25.9 Å². The molecule has 0 aliphatic carbocycles. The Balaban J connectivity index is 1.32. The molecule has 39 heavy (non-hydrogen) atoms. The van der Waals surface area contributed by atoms with Gasteiger partial charge >= 0.3 is 0 Å². The zero-order chi connectivity index (χ0) is 27.7. The van der Waals surface area contributed by atoms with Crippen molar-refractivity contribution in [1.29, 1.82) is 0 Å². The van der Waals surface area contributed by atoms with Crippen molar-refractivity contribution in [3.63, 3.8) is 0 Å². The summed E-state index contributed by atoms with van der Waals surface area (Å²) in [5, 5.41) is 18.1. The van der Waals surface area contributed by atoms with Gasteiger partial charge in [-0.1, -0.05) is 32.0 Å². The number of anilines is 1. The highest BCUT2D eigenvalue weighted by molar-refractivity contribution is 6.38. The SMILES string of the molecule is COc1cnc(-n2ccc(C(O)C(C)C)n2)c2c1C(C(=O)C(=O)N1CCN(C(=O)c3ccccc3)CC1)CN2. The molecule has 1 fully saturated rings. The van der Waals surface area contributed by atoms with Crippen LogP contribution in [0.15, 0.2) is 48.8 Å².